The van der Waals surface area contributed by atoms with Gasteiger partial charge in [0.25, 0.3) is 0 Å². The van der Waals surface area contributed by atoms with Gasteiger partial charge in [-0.2, -0.15) is 0 Å². The van der Waals surface area contributed by atoms with Crippen molar-refractivity contribution >= 4 is 39.7 Å². The molecule has 3 aromatic carbocycles. The van der Waals surface area contributed by atoms with Crippen LogP contribution in [0.5, 0.6) is 0 Å². The van der Waals surface area contributed by atoms with Crippen molar-refractivity contribution in [1.29, 1.82) is 0 Å². The molecule has 39 heavy (non-hydrogen) atoms. The van der Waals surface area contributed by atoms with E-state index >= 15 is 0 Å². The number of hydrogen-bond donors (Lipinski definition) is 1. The lowest BCUT2D eigenvalue weighted by molar-refractivity contribution is 0.104. The number of aromatic nitrogens is 3. The summed E-state index contributed by atoms with van der Waals surface area (Å²) >= 11 is 0. The van der Waals surface area contributed by atoms with Crippen LogP contribution in [0.3, 0.4) is 0 Å². The first-order valence-corrected chi connectivity index (χ1v) is 13.2. The molecule has 0 bridgehead atoms. The summed E-state index contributed by atoms with van der Waals surface area (Å²) in [6.07, 6.45) is 3.54. The molecule has 3 heterocycles. The number of carbonyl (C=O) groups excluding carboxylic acids is 1. The van der Waals surface area contributed by atoms with Crippen LogP contribution in [0.4, 0.5) is 23.0 Å². The highest BCUT2D eigenvalue weighted by Crippen LogP contribution is 2.46. The Kier molecular flexibility index (Phi) is 5.36. The normalized spacial score (nSPS) is 14.6. The fourth-order valence-electron chi connectivity index (χ4n) is 6.00. The van der Waals surface area contributed by atoms with Crippen molar-refractivity contribution in [2.75, 3.05) is 41.3 Å². The molecule has 1 aliphatic heterocycles. The summed E-state index contributed by atoms with van der Waals surface area (Å²) in [6, 6.07) is 15.8. The van der Waals surface area contributed by atoms with Crippen LogP contribution in [0, 0.1) is 20.8 Å². The highest BCUT2D eigenvalue weighted by Gasteiger charge is 2.34. The van der Waals surface area contributed by atoms with E-state index in [-0.39, 0.29) is 5.78 Å². The number of rotatable bonds is 4. The summed E-state index contributed by atoms with van der Waals surface area (Å²) in [7, 11) is 0. The van der Waals surface area contributed by atoms with Crippen molar-refractivity contribution in [3.8, 4) is 11.3 Å². The van der Waals surface area contributed by atoms with Gasteiger partial charge in [-0.05, 0) is 44.0 Å². The van der Waals surface area contributed by atoms with E-state index in [1.165, 1.54) is 5.56 Å². The number of aryl methyl sites for hydroxylation is 3. The smallest absolute Gasteiger partial charge is 0.225 e. The lowest BCUT2D eigenvalue weighted by atomic mass is 9.86. The zero-order valence-electron chi connectivity index (χ0n) is 22.2. The molecule has 1 fully saturated rings. The second kappa shape index (κ2) is 8.94. The predicted molar refractivity (Wildman–Crippen MR) is 153 cm³/mol. The topological polar surface area (TPSA) is 87.4 Å². The Labute approximate surface area is 226 Å². The van der Waals surface area contributed by atoms with E-state index in [2.05, 4.69) is 69.2 Å². The number of piperazine rings is 1. The van der Waals surface area contributed by atoms with Crippen LogP contribution in [-0.4, -0.2) is 47.1 Å². The molecule has 0 radical (unpaired) electrons. The van der Waals surface area contributed by atoms with Crippen LogP contribution in [0.1, 0.15) is 32.6 Å². The van der Waals surface area contributed by atoms with Gasteiger partial charge in [-0.25, -0.2) is 9.97 Å². The molecule has 194 valence electrons. The van der Waals surface area contributed by atoms with Crippen LogP contribution >= 0.6 is 0 Å². The van der Waals surface area contributed by atoms with Crippen LogP contribution in [0.2, 0.25) is 0 Å². The van der Waals surface area contributed by atoms with Crippen molar-refractivity contribution < 1.29 is 9.32 Å². The minimum atomic E-state index is -0.0196. The third-order valence-electron chi connectivity index (χ3n) is 7.77. The molecule has 0 unspecified atom stereocenters. The third-order valence-corrected chi connectivity index (χ3v) is 7.77. The zero-order chi connectivity index (χ0) is 26.7. The maximum Gasteiger partial charge on any atom is 0.225 e. The van der Waals surface area contributed by atoms with Crippen molar-refractivity contribution in [2.45, 2.75) is 20.8 Å². The SMILES string of the molecule is Cc1cc(C)c(Nc2cc(N3CCN(c4ncccn4)CC3)c3noc4c3c2C(=O)c2ccccc2-4)c(C)c1. The van der Waals surface area contributed by atoms with Gasteiger partial charge in [-0.3, -0.25) is 4.79 Å². The molecule has 1 aliphatic carbocycles. The molecule has 8 heteroatoms. The summed E-state index contributed by atoms with van der Waals surface area (Å²) in [6.45, 7) is 9.38. The number of hydrogen-bond acceptors (Lipinski definition) is 8. The monoisotopic (exact) mass is 516 g/mol. The van der Waals surface area contributed by atoms with Gasteiger partial charge in [0.15, 0.2) is 11.5 Å². The Morgan fingerprint density at radius 3 is 2.23 bits per heavy atom. The van der Waals surface area contributed by atoms with E-state index < -0.39 is 0 Å². The number of carbonyl (C=O) groups is 1. The maximum absolute atomic E-state index is 14.0. The predicted octanol–water partition coefficient (Wildman–Crippen LogP) is 5.82. The molecule has 0 amide bonds. The van der Waals surface area contributed by atoms with Gasteiger partial charge in [-0.1, -0.05) is 47.1 Å². The lowest BCUT2D eigenvalue weighted by Gasteiger charge is -2.36. The van der Waals surface area contributed by atoms with E-state index in [0.29, 0.717) is 16.9 Å². The van der Waals surface area contributed by atoms with Crippen molar-refractivity contribution in [2.24, 2.45) is 0 Å². The molecule has 0 spiro atoms. The quantitative estimate of drug-likeness (QED) is 0.313. The second-order valence-electron chi connectivity index (χ2n) is 10.3. The first kappa shape index (κ1) is 23.4. The van der Waals surface area contributed by atoms with E-state index in [0.717, 1.165) is 76.8 Å². The summed E-state index contributed by atoms with van der Waals surface area (Å²) < 4.78 is 5.97. The zero-order valence-corrected chi connectivity index (χ0v) is 22.2. The molecule has 5 aromatic rings. The molecule has 1 saturated heterocycles. The Balaban J connectivity index is 1.37. The van der Waals surface area contributed by atoms with E-state index in [1.54, 1.807) is 12.4 Å². The van der Waals surface area contributed by atoms with Crippen molar-refractivity contribution in [1.82, 2.24) is 15.1 Å². The number of ketones is 1. The molecule has 1 N–H and O–H groups in total. The number of benzene rings is 3. The maximum atomic E-state index is 14.0. The summed E-state index contributed by atoms with van der Waals surface area (Å²) in [5.74, 6) is 1.37. The second-order valence-corrected chi connectivity index (χ2v) is 10.3. The third kappa shape index (κ3) is 3.74. The summed E-state index contributed by atoms with van der Waals surface area (Å²) in [5.41, 5.74) is 8.95. The van der Waals surface area contributed by atoms with Gasteiger partial charge in [-0.15, -0.1) is 0 Å². The molecule has 7 rings (SSSR count). The molecule has 2 aliphatic rings. The van der Waals surface area contributed by atoms with Crippen LogP contribution in [-0.2, 0) is 0 Å². The van der Waals surface area contributed by atoms with Gasteiger partial charge in [0, 0.05) is 55.4 Å². The Morgan fingerprint density at radius 2 is 1.51 bits per heavy atom. The lowest BCUT2D eigenvalue weighted by Crippen LogP contribution is -2.47. The highest BCUT2D eigenvalue weighted by molar-refractivity contribution is 6.28. The van der Waals surface area contributed by atoms with Gasteiger partial charge < -0.3 is 19.6 Å². The van der Waals surface area contributed by atoms with Gasteiger partial charge >= 0.3 is 0 Å². The Bertz CT molecular complexity index is 1730. The standard InChI is InChI=1S/C31H28N6O2/c1-18-15-19(2)27(20(3)16-18)34-23-17-24(36-11-13-37(14-12-36)31-32-9-6-10-33-31)28-26-25(23)29(38)21-7-4-5-8-22(21)30(26)39-35-28/h4-10,15-17,34H,11-14H2,1-3H3. The number of nitrogens with zero attached hydrogens (tertiary/aromatic N) is 5. The van der Waals surface area contributed by atoms with E-state index in [1.807, 2.05) is 30.3 Å². The molecular formula is C31H28N6O2. The average molecular weight is 517 g/mol. The van der Waals surface area contributed by atoms with Crippen LogP contribution in [0.25, 0.3) is 22.2 Å². The van der Waals surface area contributed by atoms with Crippen LogP contribution in [0.15, 0.2) is 65.4 Å². The van der Waals surface area contributed by atoms with Crippen molar-refractivity contribution in [3.05, 3.63) is 88.7 Å². The molecule has 0 atom stereocenters. The number of anilines is 4. The minimum absolute atomic E-state index is 0.0196. The Hall–Kier alpha value is -4.72. The van der Waals surface area contributed by atoms with Crippen LogP contribution < -0.4 is 15.1 Å². The van der Waals surface area contributed by atoms with Gasteiger partial charge in [0.2, 0.25) is 5.95 Å². The van der Waals surface area contributed by atoms with E-state index in [4.69, 9.17) is 4.52 Å². The van der Waals surface area contributed by atoms with Gasteiger partial charge in [0.05, 0.1) is 22.3 Å². The highest BCUT2D eigenvalue weighted by atomic mass is 16.5. The fraction of sp³-hybridized carbons (Fsp3) is 0.226. The molecule has 2 aromatic heterocycles. The summed E-state index contributed by atoms with van der Waals surface area (Å²) in [4.78, 5) is 27.3. The Morgan fingerprint density at radius 1 is 0.846 bits per heavy atom. The molecular weight excluding hydrogens is 488 g/mol. The summed E-state index contributed by atoms with van der Waals surface area (Å²) in [5, 5.41) is 8.97. The molecule has 0 saturated carbocycles. The van der Waals surface area contributed by atoms with Crippen molar-refractivity contribution in [3.63, 3.8) is 0 Å². The van der Waals surface area contributed by atoms with E-state index in [9.17, 15) is 4.79 Å². The fourth-order valence-corrected chi connectivity index (χ4v) is 6.00. The van der Waals surface area contributed by atoms with Gasteiger partial charge in [0.1, 0.15) is 5.52 Å². The first-order valence-electron chi connectivity index (χ1n) is 13.2. The molecule has 8 nitrogen and oxygen atoms in total. The number of nitrogens with one attached hydrogen (secondary N) is 1. The number of fused-ring (bicyclic) bond motifs is 2. The largest absolute Gasteiger partial charge is 0.366 e. The first-order chi connectivity index (χ1) is 19.0. The minimum Gasteiger partial charge on any atom is -0.366 e. The average Bonchev–Trinajstić information content (AvgIpc) is 3.40.